The number of carboxylic acid groups (broad SMARTS) is 1. The van der Waals surface area contributed by atoms with E-state index in [1.807, 2.05) is 0 Å². The van der Waals surface area contributed by atoms with Crippen LogP contribution in [0.25, 0.3) is 0 Å². The maximum atomic E-state index is 12.1. The van der Waals surface area contributed by atoms with E-state index >= 15 is 0 Å². The first-order valence-corrected chi connectivity index (χ1v) is 7.02. The number of carbonyl (C=O) groups is 1. The van der Waals surface area contributed by atoms with Crippen LogP contribution < -0.4 is 4.72 Å². The summed E-state index contributed by atoms with van der Waals surface area (Å²) in [6.45, 7) is 3.06. The van der Waals surface area contributed by atoms with Gasteiger partial charge in [0.1, 0.15) is 11.4 Å². The van der Waals surface area contributed by atoms with Gasteiger partial charge >= 0.3 is 5.97 Å². The molecule has 0 aliphatic rings. The standard InChI is InChI=1S/C10H17N3O5S/c1-7-10(19(16,17)11-4-5-18-3)8(2)13(12-7)6-9(14)15/h11H,4-6H2,1-3H3,(H,14,15). The fourth-order valence-corrected chi connectivity index (χ4v) is 3.12. The number of methoxy groups -OCH3 is 1. The first-order chi connectivity index (χ1) is 8.79. The molecular weight excluding hydrogens is 274 g/mol. The smallest absolute Gasteiger partial charge is 0.325 e. The van der Waals surface area contributed by atoms with Crippen LogP contribution >= 0.6 is 0 Å². The molecule has 1 rings (SSSR count). The highest BCUT2D eigenvalue weighted by atomic mass is 32.2. The lowest BCUT2D eigenvalue weighted by molar-refractivity contribution is -0.137. The van der Waals surface area contributed by atoms with Crippen LogP contribution in [-0.4, -0.2) is 49.5 Å². The van der Waals surface area contributed by atoms with Crippen molar-refractivity contribution in [1.82, 2.24) is 14.5 Å². The SMILES string of the molecule is COCCNS(=O)(=O)c1c(C)nn(CC(=O)O)c1C. The molecule has 0 aliphatic heterocycles. The predicted octanol–water partition coefficient (Wildman–Crippen LogP) is -0.491. The van der Waals surface area contributed by atoms with Crippen LogP contribution in [0.1, 0.15) is 11.4 Å². The largest absolute Gasteiger partial charge is 0.480 e. The maximum Gasteiger partial charge on any atom is 0.325 e. The molecule has 0 aromatic carbocycles. The Labute approximate surface area is 111 Å². The summed E-state index contributed by atoms with van der Waals surface area (Å²) in [6, 6.07) is 0. The van der Waals surface area contributed by atoms with E-state index in [-0.39, 0.29) is 30.3 Å². The van der Waals surface area contributed by atoms with Gasteiger partial charge < -0.3 is 9.84 Å². The van der Waals surface area contributed by atoms with Crippen molar-refractivity contribution in [2.24, 2.45) is 0 Å². The van der Waals surface area contributed by atoms with Gasteiger partial charge in [-0.05, 0) is 13.8 Å². The fourth-order valence-electron chi connectivity index (χ4n) is 1.70. The molecule has 8 nitrogen and oxygen atoms in total. The number of aromatic nitrogens is 2. The molecule has 1 aromatic heterocycles. The summed E-state index contributed by atoms with van der Waals surface area (Å²) < 4.78 is 32.5. The third-order valence-electron chi connectivity index (χ3n) is 2.47. The van der Waals surface area contributed by atoms with Crippen molar-refractivity contribution in [3.63, 3.8) is 0 Å². The second kappa shape index (κ2) is 6.13. The molecule has 0 bridgehead atoms. The number of hydrogen-bond donors (Lipinski definition) is 2. The topological polar surface area (TPSA) is 111 Å². The van der Waals surface area contributed by atoms with Crippen molar-refractivity contribution < 1.29 is 23.1 Å². The van der Waals surface area contributed by atoms with Crippen LogP contribution in [-0.2, 0) is 26.1 Å². The summed E-state index contributed by atoms with van der Waals surface area (Å²) in [4.78, 5) is 10.7. The number of rotatable bonds is 7. The van der Waals surface area contributed by atoms with Crippen molar-refractivity contribution >= 4 is 16.0 Å². The predicted molar refractivity (Wildman–Crippen MR) is 66.4 cm³/mol. The van der Waals surface area contributed by atoms with Gasteiger partial charge in [0.2, 0.25) is 10.0 Å². The van der Waals surface area contributed by atoms with Crippen LogP contribution in [0.5, 0.6) is 0 Å². The highest BCUT2D eigenvalue weighted by molar-refractivity contribution is 7.89. The number of carboxylic acids is 1. The Kier molecular flexibility index (Phi) is 5.04. The third-order valence-corrected chi connectivity index (χ3v) is 4.18. The Hall–Kier alpha value is -1.45. The molecule has 0 amide bonds. The summed E-state index contributed by atoms with van der Waals surface area (Å²) in [5, 5.41) is 12.7. The summed E-state index contributed by atoms with van der Waals surface area (Å²) >= 11 is 0. The van der Waals surface area contributed by atoms with Crippen molar-refractivity contribution in [3.8, 4) is 0 Å². The van der Waals surface area contributed by atoms with Crippen molar-refractivity contribution in [2.45, 2.75) is 25.3 Å². The van der Waals surface area contributed by atoms with E-state index in [1.165, 1.54) is 21.0 Å². The Morgan fingerprint density at radius 2 is 2.11 bits per heavy atom. The molecule has 0 fully saturated rings. The van der Waals surface area contributed by atoms with Gasteiger partial charge in [0.05, 0.1) is 18.0 Å². The van der Waals surface area contributed by atoms with Crippen molar-refractivity contribution in [2.75, 3.05) is 20.3 Å². The highest BCUT2D eigenvalue weighted by Crippen LogP contribution is 2.18. The highest BCUT2D eigenvalue weighted by Gasteiger charge is 2.24. The lowest BCUT2D eigenvalue weighted by Gasteiger charge is -2.06. The van der Waals surface area contributed by atoms with Gasteiger partial charge in [-0.3, -0.25) is 9.48 Å². The zero-order valence-corrected chi connectivity index (χ0v) is 11.8. The van der Waals surface area contributed by atoms with Gasteiger partial charge in [-0.15, -0.1) is 0 Å². The number of nitrogens with zero attached hydrogens (tertiary/aromatic N) is 2. The van der Waals surface area contributed by atoms with E-state index in [0.717, 1.165) is 4.68 Å². The molecule has 108 valence electrons. The minimum Gasteiger partial charge on any atom is -0.480 e. The zero-order valence-electron chi connectivity index (χ0n) is 11.0. The molecule has 19 heavy (non-hydrogen) atoms. The Morgan fingerprint density at radius 1 is 1.47 bits per heavy atom. The van der Waals surface area contributed by atoms with Gasteiger partial charge in [0.25, 0.3) is 0 Å². The molecular formula is C10H17N3O5S. The minimum atomic E-state index is -3.72. The van der Waals surface area contributed by atoms with Crippen LogP contribution in [0.2, 0.25) is 0 Å². The van der Waals surface area contributed by atoms with Crippen LogP contribution in [0.4, 0.5) is 0 Å². The number of ether oxygens (including phenoxy) is 1. The lowest BCUT2D eigenvalue weighted by Crippen LogP contribution is -2.28. The molecule has 2 N–H and O–H groups in total. The third kappa shape index (κ3) is 3.75. The molecule has 0 aliphatic carbocycles. The van der Waals surface area contributed by atoms with E-state index in [2.05, 4.69) is 9.82 Å². The number of nitrogens with one attached hydrogen (secondary N) is 1. The number of aryl methyl sites for hydroxylation is 1. The second-order valence-corrected chi connectivity index (χ2v) is 5.65. The van der Waals surface area contributed by atoms with Gasteiger partial charge in [0, 0.05) is 13.7 Å². The van der Waals surface area contributed by atoms with Crippen molar-refractivity contribution in [1.29, 1.82) is 0 Å². The number of sulfonamides is 1. The van der Waals surface area contributed by atoms with Crippen LogP contribution in [0, 0.1) is 13.8 Å². The summed E-state index contributed by atoms with van der Waals surface area (Å²) in [5.41, 5.74) is 0.563. The monoisotopic (exact) mass is 291 g/mol. The van der Waals surface area contributed by atoms with E-state index in [4.69, 9.17) is 9.84 Å². The van der Waals surface area contributed by atoms with E-state index < -0.39 is 16.0 Å². The molecule has 0 saturated heterocycles. The summed E-state index contributed by atoms with van der Waals surface area (Å²) in [7, 11) is -2.25. The number of hydrogen-bond acceptors (Lipinski definition) is 5. The molecule has 1 aromatic rings. The molecule has 0 radical (unpaired) electrons. The van der Waals surface area contributed by atoms with E-state index in [1.54, 1.807) is 0 Å². The first kappa shape index (κ1) is 15.6. The van der Waals surface area contributed by atoms with Gasteiger partial charge in [0.15, 0.2) is 0 Å². The molecule has 0 unspecified atom stereocenters. The van der Waals surface area contributed by atoms with E-state index in [0.29, 0.717) is 5.69 Å². The van der Waals surface area contributed by atoms with Crippen LogP contribution in [0.3, 0.4) is 0 Å². The molecule has 9 heteroatoms. The molecule has 1 heterocycles. The Balaban J connectivity index is 3.06. The van der Waals surface area contributed by atoms with Gasteiger partial charge in [-0.2, -0.15) is 5.10 Å². The molecule has 0 spiro atoms. The lowest BCUT2D eigenvalue weighted by atomic mass is 10.4. The van der Waals surface area contributed by atoms with Gasteiger partial charge in [-0.1, -0.05) is 0 Å². The zero-order chi connectivity index (χ0) is 14.6. The average molecular weight is 291 g/mol. The Morgan fingerprint density at radius 3 is 2.63 bits per heavy atom. The summed E-state index contributed by atoms with van der Waals surface area (Å²) in [6.07, 6.45) is 0. The Bertz CT molecular complexity index is 564. The van der Waals surface area contributed by atoms with Crippen molar-refractivity contribution in [3.05, 3.63) is 11.4 Å². The first-order valence-electron chi connectivity index (χ1n) is 5.54. The summed E-state index contributed by atoms with van der Waals surface area (Å²) in [5.74, 6) is -1.08. The normalized spacial score (nSPS) is 11.7. The molecule has 0 atom stereocenters. The molecule has 0 saturated carbocycles. The second-order valence-electron chi connectivity index (χ2n) is 3.94. The maximum absolute atomic E-state index is 12.1. The van der Waals surface area contributed by atoms with E-state index in [9.17, 15) is 13.2 Å². The quantitative estimate of drug-likeness (QED) is 0.656. The number of aliphatic carboxylic acids is 1. The average Bonchev–Trinajstić information content (AvgIpc) is 2.53. The fraction of sp³-hybridized carbons (Fsp3) is 0.600. The minimum absolute atomic E-state index is 0.0184. The van der Waals surface area contributed by atoms with Gasteiger partial charge in [-0.25, -0.2) is 13.1 Å². The van der Waals surface area contributed by atoms with Crippen LogP contribution in [0.15, 0.2) is 4.90 Å².